The van der Waals surface area contributed by atoms with Crippen LogP contribution in [0, 0.1) is 0 Å². The predicted molar refractivity (Wildman–Crippen MR) is 119 cm³/mol. The molecule has 0 fully saturated rings. The molecule has 9 heteroatoms. The second-order valence-corrected chi connectivity index (χ2v) is 6.59. The number of ketones is 1. The highest BCUT2D eigenvalue weighted by atomic mass is 16.5. The monoisotopic (exact) mass is 428 g/mol. The van der Waals surface area contributed by atoms with Crippen molar-refractivity contribution >= 4 is 17.9 Å². The van der Waals surface area contributed by atoms with Crippen LogP contribution in [0.5, 0.6) is 11.5 Å². The molecule has 9 nitrogen and oxygen atoms in total. The Morgan fingerprint density at radius 3 is 1.62 bits per heavy atom. The van der Waals surface area contributed by atoms with Gasteiger partial charge in [0.2, 0.25) is 0 Å². The summed E-state index contributed by atoms with van der Waals surface area (Å²) in [6.45, 7) is 0. The smallest absolute Gasteiger partial charge is 0.178 e. The van der Waals surface area contributed by atoms with Gasteiger partial charge in [0.05, 0.1) is 26.6 Å². The Balaban J connectivity index is 1.42. The quantitative estimate of drug-likeness (QED) is 0.398. The van der Waals surface area contributed by atoms with Crippen LogP contribution < -0.4 is 9.47 Å². The third-order valence-electron chi connectivity index (χ3n) is 4.52. The molecule has 4 rings (SSSR count). The summed E-state index contributed by atoms with van der Waals surface area (Å²) in [5.74, 6) is 1.13. The zero-order chi connectivity index (χ0) is 22.3. The molecule has 32 heavy (non-hydrogen) atoms. The Kier molecular flexibility index (Phi) is 6.17. The number of carbonyl (C=O) groups excluding carboxylic acids is 1. The molecule has 0 spiro atoms. The average molecular weight is 428 g/mol. The fourth-order valence-electron chi connectivity index (χ4n) is 2.97. The van der Waals surface area contributed by atoms with Gasteiger partial charge in [0.25, 0.3) is 0 Å². The van der Waals surface area contributed by atoms with E-state index in [1.54, 1.807) is 48.1 Å². The van der Waals surface area contributed by atoms with Crippen LogP contribution in [-0.4, -0.2) is 50.0 Å². The van der Waals surface area contributed by atoms with Gasteiger partial charge in [0.1, 0.15) is 34.3 Å². The summed E-state index contributed by atoms with van der Waals surface area (Å²) in [4.78, 5) is 12.2. The molecule has 0 aliphatic heterocycles. The summed E-state index contributed by atoms with van der Waals surface area (Å²) in [5.41, 5.74) is 2.59. The zero-order valence-electron chi connectivity index (χ0n) is 17.5. The van der Waals surface area contributed by atoms with Crippen molar-refractivity contribution in [2.45, 2.75) is 0 Å². The number of hydrogen-bond donors (Lipinski definition) is 0. The highest BCUT2D eigenvalue weighted by Gasteiger charge is 2.08. The van der Waals surface area contributed by atoms with Crippen molar-refractivity contribution in [1.29, 1.82) is 0 Å². The fraction of sp³-hybridized carbons (Fsp3) is 0.0870. The van der Waals surface area contributed by atoms with Gasteiger partial charge in [-0.05, 0) is 48.6 Å². The Morgan fingerprint density at radius 2 is 1.19 bits per heavy atom. The third kappa shape index (κ3) is 4.62. The molecule has 4 aromatic rings. The lowest BCUT2D eigenvalue weighted by atomic mass is 10.2. The van der Waals surface area contributed by atoms with Gasteiger partial charge in [-0.2, -0.15) is 0 Å². The second kappa shape index (κ2) is 9.52. The van der Waals surface area contributed by atoms with E-state index in [1.165, 1.54) is 12.2 Å². The summed E-state index contributed by atoms with van der Waals surface area (Å²) in [5, 5.41) is 16.3. The number of methoxy groups -OCH3 is 2. The van der Waals surface area contributed by atoms with Gasteiger partial charge in [-0.1, -0.05) is 34.7 Å². The molecule has 0 aliphatic rings. The van der Waals surface area contributed by atoms with Gasteiger partial charge < -0.3 is 9.47 Å². The first kappa shape index (κ1) is 20.7. The minimum absolute atomic E-state index is 0.219. The summed E-state index contributed by atoms with van der Waals surface area (Å²) >= 11 is 0. The molecule has 0 saturated heterocycles. The molecule has 0 atom stereocenters. The van der Waals surface area contributed by atoms with E-state index in [0.717, 1.165) is 11.4 Å². The molecule has 160 valence electrons. The average Bonchev–Trinajstić information content (AvgIpc) is 3.51. The van der Waals surface area contributed by atoms with Gasteiger partial charge >= 0.3 is 0 Å². The first-order chi connectivity index (χ1) is 15.7. The number of rotatable bonds is 8. The van der Waals surface area contributed by atoms with E-state index in [1.807, 2.05) is 48.5 Å². The van der Waals surface area contributed by atoms with Crippen molar-refractivity contribution < 1.29 is 14.3 Å². The molecule has 2 heterocycles. The normalized spacial score (nSPS) is 11.3. The summed E-state index contributed by atoms with van der Waals surface area (Å²) in [7, 11) is 3.19. The maximum absolute atomic E-state index is 12.2. The van der Waals surface area contributed by atoms with Crippen LogP contribution in [0.25, 0.3) is 23.5 Å². The Morgan fingerprint density at radius 1 is 0.750 bits per heavy atom. The number of carbonyl (C=O) groups is 1. The SMILES string of the molecule is COc1ccccc1-n1cc(/C=C/C(=O)/C=C/c2cn(-c3ccccc3OC)nn2)nn1. The number of aromatic nitrogens is 6. The van der Waals surface area contributed by atoms with Gasteiger partial charge in [0.15, 0.2) is 5.78 Å². The number of hydrogen-bond acceptors (Lipinski definition) is 7. The van der Waals surface area contributed by atoms with Gasteiger partial charge in [-0.25, -0.2) is 9.36 Å². The van der Waals surface area contributed by atoms with Crippen LogP contribution in [0.15, 0.2) is 73.1 Å². The van der Waals surface area contributed by atoms with Gasteiger partial charge in [0, 0.05) is 0 Å². The second-order valence-electron chi connectivity index (χ2n) is 6.59. The topological polar surface area (TPSA) is 97.0 Å². The summed E-state index contributed by atoms with van der Waals surface area (Å²) < 4.78 is 13.9. The fourth-order valence-corrected chi connectivity index (χ4v) is 2.97. The Bertz CT molecular complexity index is 1190. The minimum Gasteiger partial charge on any atom is -0.494 e. The van der Waals surface area contributed by atoms with Crippen molar-refractivity contribution in [1.82, 2.24) is 30.0 Å². The highest BCUT2D eigenvalue weighted by molar-refractivity contribution is 6.04. The maximum Gasteiger partial charge on any atom is 0.178 e. The number of para-hydroxylation sites is 4. The lowest BCUT2D eigenvalue weighted by molar-refractivity contribution is -0.110. The molecule has 0 aliphatic carbocycles. The molecular formula is C23H20N6O3. The molecule has 0 unspecified atom stereocenters. The number of benzene rings is 2. The van der Waals surface area contributed by atoms with Crippen LogP contribution in [0.2, 0.25) is 0 Å². The van der Waals surface area contributed by atoms with Crippen molar-refractivity contribution in [3.05, 3.63) is 84.5 Å². The van der Waals surface area contributed by atoms with Crippen molar-refractivity contribution in [3.8, 4) is 22.9 Å². The van der Waals surface area contributed by atoms with E-state index in [4.69, 9.17) is 9.47 Å². The van der Waals surface area contributed by atoms with Crippen molar-refractivity contribution in [2.24, 2.45) is 0 Å². The molecule has 0 saturated carbocycles. The van der Waals surface area contributed by atoms with Crippen LogP contribution in [-0.2, 0) is 4.79 Å². The third-order valence-corrected chi connectivity index (χ3v) is 4.52. The van der Waals surface area contributed by atoms with Crippen LogP contribution in [0.4, 0.5) is 0 Å². The predicted octanol–water partition coefficient (Wildman–Crippen LogP) is 3.16. The Hall–Kier alpha value is -4.53. The molecule has 0 bridgehead atoms. The van der Waals surface area contributed by atoms with Gasteiger partial charge in [-0.15, -0.1) is 10.2 Å². The van der Waals surface area contributed by atoms with E-state index in [9.17, 15) is 4.79 Å². The molecule has 2 aromatic carbocycles. The van der Waals surface area contributed by atoms with E-state index in [0.29, 0.717) is 22.9 Å². The zero-order valence-corrected chi connectivity index (χ0v) is 17.5. The van der Waals surface area contributed by atoms with Gasteiger partial charge in [-0.3, -0.25) is 4.79 Å². The lowest BCUT2D eigenvalue weighted by Gasteiger charge is -2.06. The standard InChI is InChI=1S/C23H20N6O3/c1-31-22-9-5-3-7-20(22)28-15-17(24-26-28)11-13-19(30)14-12-18-16-29(27-25-18)21-8-4-6-10-23(21)32-2/h3-16H,1-2H3/b13-11+,14-12+. The van der Waals surface area contributed by atoms with Crippen molar-refractivity contribution in [3.63, 3.8) is 0 Å². The molecule has 0 N–H and O–H groups in total. The van der Waals surface area contributed by atoms with E-state index in [2.05, 4.69) is 20.6 Å². The molecule has 2 aromatic heterocycles. The van der Waals surface area contributed by atoms with Crippen LogP contribution in [0.1, 0.15) is 11.4 Å². The molecule has 0 amide bonds. The number of nitrogens with zero attached hydrogens (tertiary/aromatic N) is 6. The molecule has 0 radical (unpaired) electrons. The van der Waals surface area contributed by atoms with Crippen LogP contribution in [0.3, 0.4) is 0 Å². The largest absolute Gasteiger partial charge is 0.494 e. The first-order valence-corrected chi connectivity index (χ1v) is 9.69. The minimum atomic E-state index is -0.219. The Labute approximate surface area is 184 Å². The van der Waals surface area contributed by atoms with Crippen LogP contribution >= 0.6 is 0 Å². The van der Waals surface area contributed by atoms with E-state index < -0.39 is 0 Å². The highest BCUT2D eigenvalue weighted by Crippen LogP contribution is 2.22. The first-order valence-electron chi connectivity index (χ1n) is 9.69. The van der Waals surface area contributed by atoms with E-state index in [-0.39, 0.29) is 5.78 Å². The molecular weight excluding hydrogens is 408 g/mol. The number of ether oxygens (including phenoxy) is 2. The van der Waals surface area contributed by atoms with E-state index >= 15 is 0 Å². The summed E-state index contributed by atoms with van der Waals surface area (Å²) in [6.07, 6.45) is 9.44. The maximum atomic E-state index is 12.2. The van der Waals surface area contributed by atoms with Crippen molar-refractivity contribution in [2.75, 3.05) is 14.2 Å². The number of allylic oxidation sites excluding steroid dienone is 2. The lowest BCUT2D eigenvalue weighted by Crippen LogP contribution is -1.98. The summed E-state index contributed by atoms with van der Waals surface area (Å²) in [6, 6.07) is 14.9.